The quantitative estimate of drug-likeness (QED) is 0.124. The number of phosphoric acid groups is 3. The predicted molar refractivity (Wildman–Crippen MR) is 124 cm³/mol. The van der Waals surface area contributed by atoms with E-state index in [1.165, 1.54) is 0 Å². The van der Waals surface area contributed by atoms with Gasteiger partial charge in [-0.15, -0.1) is 6.42 Å². The summed E-state index contributed by atoms with van der Waals surface area (Å²) in [7, 11) is -18.3. The maximum atomic E-state index is 14.4. The number of nitrogen functional groups attached to an aromatic ring is 1. The molecule has 220 valence electrons. The van der Waals surface area contributed by atoms with Crippen molar-refractivity contribution >= 4 is 51.9 Å². The van der Waals surface area contributed by atoms with Crippen molar-refractivity contribution in [1.29, 1.82) is 0 Å². The first-order valence-electron chi connectivity index (χ1n) is 8.51. The van der Waals surface area contributed by atoms with Gasteiger partial charge in [-0.25, -0.2) is 13.7 Å². The van der Waals surface area contributed by atoms with Crippen LogP contribution in [0.5, 0.6) is 0 Å². The molecule has 2 unspecified atom stereocenters. The van der Waals surface area contributed by atoms with E-state index < -0.39 is 53.8 Å². The Morgan fingerprint density at radius 1 is 1.21 bits per heavy atom. The van der Waals surface area contributed by atoms with E-state index in [9.17, 15) is 42.8 Å². The van der Waals surface area contributed by atoms with Crippen molar-refractivity contribution in [3.63, 3.8) is 0 Å². The smallest absolute Gasteiger partial charge is 0.278 e. The van der Waals surface area contributed by atoms with Crippen molar-refractivity contribution in [2.24, 2.45) is 0 Å². The lowest BCUT2D eigenvalue weighted by atomic mass is 9.99. The Hall–Kier alpha value is -1.63. The van der Waals surface area contributed by atoms with Crippen molar-refractivity contribution < 1.29 is 60.6 Å². The maximum Gasteiger partial charge on any atom is 0.278 e. The van der Waals surface area contributed by atoms with E-state index in [2.05, 4.69) is 23.1 Å². The highest BCUT2D eigenvalue weighted by atomic mass is 35.5. The molecule has 19 N–H and O–H groups in total. The van der Waals surface area contributed by atoms with Crippen LogP contribution in [0.25, 0.3) is 11.0 Å². The lowest BCUT2D eigenvalue weighted by Crippen LogP contribution is -2.42. The molecule has 2 aromatic rings. The number of hydrogen-bond acceptors (Lipinski definition) is 15. The number of nitrogens with zero attached hydrogens (tertiary/aromatic N) is 3. The fraction of sp³-hybridized carbons (Fsp3) is 0.385. The zero-order valence-electron chi connectivity index (χ0n) is 20.2. The van der Waals surface area contributed by atoms with Crippen LogP contribution in [0.3, 0.4) is 0 Å². The summed E-state index contributed by atoms with van der Waals surface area (Å²) < 4.78 is 65.1. The molecule has 0 aromatic carbocycles. The van der Waals surface area contributed by atoms with E-state index in [4.69, 9.17) is 28.5 Å². The fourth-order valence-electron chi connectivity index (χ4n) is 3.00. The standard InChI is InChI=1S/C13H15ClFN4O12P3.4H3N/c1-2-13(5-28-33(24,25)31-34(26,27)30-32(21,22)23)7(20)3-8(29-13)19-4-6(15)9-10(16)17-12(14)18-11(9)19;;;;/h1,4,7-8,20H,3,5H2,(H,24,25)(H,26,27)(H2,16,17,18)(H2,21,22,23);4*1H3/t7-,8+,13+;;;;/m0..../s1. The number of aliphatic hydroxyl groups excluding tert-OH is 1. The third kappa shape index (κ3) is 8.43. The molecule has 0 radical (unpaired) electrons. The number of terminal acetylenes is 1. The van der Waals surface area contributed by atoms with Gasteiger partial charge < -0.3 is 73.4 Å². The highest BCUT2D eigenvalue weighted by Gasteiger charge is 2.49. The number of quaternary nitrogens is 4. The number of aromatic nitrogens is 3. The average molecular weight is 635 g/mol. The number of phosphoric ester groups is 1. The molecule has 1 aliphatic rings. The molecule has 0 spiro atoms. The van der Waals surface area contributed by atoms with Gasteiger partial charge in [0.05, 0.1) is 19.8 Å². The van der Waals surface area contributed by atoms with Gasteiger partial charge >= 0.3 is 0 Å². The summed E-state index contributed by atoms with van der Waals surface area (Å²) in [6, 6.07) is 0. The second kappa shape index (κ2) is 13.1. The Kier molecular flexibility index (Phi) is 13.3. The maximum absolute atomic E-state index is 14.4. The van der Waals surface area contributed by atoms with E-state index in [1.54, 1.807) is 0 Å². The summed E-state index contributed by atoms with van der Waals surface area (Å²) in [5.74, 6) is 0.772. The molecule has 38 heavy (non-hydrogen) atoms. The molecule has 1 saturated heterocycles. The normalized spacial score (nSPS) is 23.9. The van der Waals surface area contributed by atoms with Crippen LogP contribution in [-0.4, -0.2) is 38.0 Å². The molecule has 1 fully saturated rings. The second-order valence-corrected chi connectivity index (χ2v) is 11.2. The SMILES string of the molecule is C#C[C@]1(COP(=O)([O-])OP(=O)([O-])OP(=O)([O-])[O-])O[C@@H](n2cc(F)c3c(N)nc(Cl)nc32)C[C@@H]1O.[NH4+].[NH4+].[NH4+].[NH4+]. The van der Waals surface area contributed by atoms with Crippen LogP contribution in [0.15, 0.2) is 6.20 Å². The molecular weight excluding hydrogens is 608 g/mol. The third-order valence-corrected chi connectivity index (χ3v) is 8.14. The number of nitrogens with two attached hydrogens (primary N) is 1. The van der Waals surface area contributed by atoms with Crippen molar-refractivity contribution in [3.8, 4) is 12.3 Å². The van der Waals surface area contributed by atoms with Crippen LogP contribution in [0, 0.1) is 18.2 Å². The van der Waals surface area contributed by atoms with Crippen LogP contribution in [0.2, 0.25) is 5.28 Å². The number of rotatable bonds is 8. The monoisotopic (exact) mass is 634 g/mol. The molecular formula is C13H27ClFN8O12P3. The van der Waals surface area contributed by atoms with Crippen molar-refractivity contribution in [2.45, 2.75) is 24.4 Å². The summed E-state index contributed by atoms with van der Waals surface area (Å²) in [6.45, 7) is -1.26. The number of aliphatic hydroxyl groups is 1. The zero-order valence-corrected chi connectivity index (χ0v) is 23.6. The van der Waals surface area contributed by atoms with E-state index in [1.807, 2.05) is 5.92 Å². The van der Waals surface area contributed by atoms with Crippen molar-refractivity contribution in [3.05, 3.63) is 17.3 Å². The fourth-order valence-corrected chi connectivity index (χ4v) is 6.06. The van der Waals surface area contributed by atoms with E-state index in [0.29, 0.717) is 0 Å². The minimum Gasteiger partial charge on any atom is -0.790 e. The van der Waals surface area contributed by atoms with Gasteiger partial charge in [-0.2, -0.15) is 4.98 Å². The number of ether oxygens (including phenoxy) is 1. The first-order valence-corrected chi connectivity index (χ1v) is 13.3. The molecule has 1 aliphatic heterocycles. The molecule has 25 heteroatoms. The van der Waals surface area contributed by atoms with Crippen LogP contribution in [-0.2, 0) is 31.6 Å². The molecule has 5 atom stereocenters. The largest absolute Gasteiger partial charge is 0.790 e. The van der Waals surface area contributed by atoms with Gasteiger partial charge in [0.2, 0.25) is 5.28 Å². The predicted octanol–water partition coefficient (Wildman–Crippen LogP) is -0.222. The van der Waals surface area contributed by atoms with Crippen LogP contribution in [0.1, 0.15) is 12.6 Å². The molecule has 0 aliphatic carbocycles. The summed E-state index contributed by atoms with van der Waals surface area (Å²) >= 11 is 5.74. The van der Waals surface area contributed by atoms with Gasteiger partial charge in [0.25, 0.3) is 15.6 Å². The Morgan fingerprint density at radius 3 is 2.32 bits per heavy atom. The molecule has 0 amide bonds. The van der Waals surface area contributed by atoms with Crippen LogP contribution in [0.4, 0.5) is 10.2 Å². The third-order valence-electron chi connectivity index (χ3n) is 4.33. The Labute approximate surface area is 218 Å². The second-order valence-electron chi connectivity index (χ2n) is 6.60. The highest BCUT2D eigenvalue weighted by Crippen LogP contribution is 2.60. The first kappa shape index (κ1) is 38.5. The van der Waals surface area contributed by atoms with E-state index in [0.717, 1.165) is 10.8 Å². The van der Waals surface area contributed by atoms with Crippen molar-refractivity contribution in [1.82, 2.24) is 39.1 Å². The van der Waals surface area contributed by atoms with Gasteiger partial charge in [-0.1, -0.05) is 5.92 Å². The Morgan fingerprint density at radius 2 is 1.79 bits per heavy atom. The lowest BCUT2D eigenvalue weighted by molar-refractivity contribution is -0.339. The topological polar surface area (TPSA) is 403 Å². The molecule has 0 bridgehead atoms. The van der Waals surface area contributed by atoms with Gasteiger partial charge in [0.15, 0.2) is 17.1 Å². The Bertz CT molecular complexity index is 1320. The van der Waals surface area contributed by atoms with Crippen LogP contribution >= 0.6 is 35.1 Å². The molecule has 2 aromatic heterocycles. The number of fused-ring (bicyclic) bond motifs is 1. The summed E-state index contributed by atoms with van der Waals surface area (Å²) in [5, 5.41) is 9.84. The molecule has 3 heterocycles. The molecule has 20 nitrogen and oxygen atoms in total. The van der Waals surface area contributed by atoms with E-state index in [-0.39, 0.29) is 53.2 Å². The van der Waals surface area contributed by atoms with Crippen molar-refractivity contribution in [2.75, 3.05) is 12.3 Å². The summed E-state index contributed by atoms with van der Waals surface area (Å²) in [6.07, 6.45) is 2.91. The van der Waals surface area contributed by atoms with Gasteiger partial charge in [-0.3, -0.25) is 13.4 Å². The highest BCUT2D eigenvalue weighted by molar-refractivity contribution is 7.64. The zero-order chi connectivity index (χ0) is 25.7. The first-order chi connectivity index (χ1) is 15.5. The number of anilines is 1. The van der Waals surface area contributed by atoms with Gasteiger partial charge in [0.1, 0.15) is 18.1 Å². The number of halogens is 2. The molecule has 3 rings (SSSR count). The average Bonchev–Trinajstić information content (AvgIpc) is 3.14. The minimum atomic E-state index is -6.21. The Balaban J connectivity index is 0. The van der Waals surface area contributed by atoms with Gasteiger partial charge in [-0.05, 0) is 11.6 Å². The molecule has 0 saturated carbocycles. The minimum absolute atomic E-state index is 0. The van der Waals surface area contributed by atoms with Gasteiger partial charge in [0, 0.05) is 12.6 Å². The summed E-state index contributed by atoms with van der Waals surface area (Å²) in [5.41, 5.74) is 3.22. The summed E-state index contributed by atoms with van der Waals surface area (Å²) in [4.78, 5) is 51.3. The van der Waals surface area contributed by atoms with Crippen LogP contribution < -0.4 is 49.9 Å². The number of hydrogen-bond donors (Lipinski definition) is 6. The lowest BCUT2D eigenvalue weighted by Gasteiger charge is -2.38. The van der Waals surface area contributed by atoms with E-state index >= 15 is 0 Å².